The zero-order valence-corrected chi connectivity index (χ0v) is 12.3. The van der Waals surface area contributed by atoms with Crippen molar-refractivity contribution in [3.8, 4) is 5.75 Å². The number of aliphatic carboxylic acids is 1. The molecule has 7 heteroatoms. The molecule has 1 aromatic rings. The fourth-order valence-corrected chi connectivity index (χ4v) is 3.11. The first kappa shape index (κ1) is 15.4. The Morgan fingerprint density at radius 2 is 2.05 bits per heavy atom. The second-order valence-electron chi connectivity index (χ2n) is 4.47. The van der Waals surface area contributed by atoms with Crippen molar-refractivity contribution in [2.24, 2.45) is 0 Å². The maximum Gasteiger partial charge on any atom is 0.304 e. The van der Waals surface area contributed by atoms with Crippen LogP contribution in [-0.2, 0) is 14.4 Å². The van der Waals surface area contributed by atoms with Crippen LogP contribution >= 0.6 is 11.8 Å². The van der Waals surface area contributed by atoms with Gasteiger partial charge >= 0.3 is 5.97 Å². The number of hydrogen-bond donors (Lipinski definition) is 1. The van der Waals surface area contributed by atoms with Crippen LogP contribution in [0.15, 0.2) is 24.3 Å². The molecular weight excluding hydrogens is 294 g/mol. The average Bonchev–Trinajstić information content (AvgIpc) is 2.73. The largest absolute Gasteiger partial charge is 0.497 e. The number of carboxylic acid groups (broad SMARTS) is 1. The van der Waals surface area contributed by atoms with Crippen molar-refractivity contribution in [1.29, 1.82) is 0 Å². The van der Waals surface area contributed by atoms with Crippen LogP contribution < -0.4 is 9.64 Å². The molecule has 1 heterocycles. The van der Waals surface area contributed by atoms with E-state index in [1.165, 1.54) is 18.9 Å². The van der Waals surface area contributed by atoms with Crippen LogP contribution in [-0.4, -0.2) is 41.0 Å². The molecule has 1 unspecified atom stereocenters. The molecule has 1 aliphatic heterocycles. The maximum atomic E-state index is 12.3. The maximum absolute atomic E-state index is 12.3. The molecule has 112 valence electrons. The van der Waals surface area contributed by atoms with Gasteiger partial charge < -0.3 is 9.84 Å². The summed E-state index contributed by atoms with van der Waals surface area (Å²) in [4.78, 5) is 35.9. The number of hydrogen-bond acceptors (Lipinski definition) is 5. The molecular formula is C14H15NO5S. The van der Waals surface area contributed by atoms with Gasteiger partial charge in [0.25, 0.3) is 0 Å². The van der Waals surface area contributed by atoms with Gasteiger partial charge in [0.1, 0.15) is 5.75 Å². The molecule has 0 bridgehead atoms. The van der Waals surface area contributed by atoms with Gasteiger partial charge in [-0.25, -0.2) is 4.90 Å². The highest BCUT2D eigenvalue weighted by Gasteiger charge is 2.39. The van der Waals surface area contributed by atoms with E-state index in [9.17, 15) is 14.4 Å². The van der Waals surface area contributed by atoms with Gasteiger partial charge in [0.2, 0.25) is 11.8 Å². The smallest absolute Gasteiger partial charge is 0.304 e. The van der Waals surface area contributed by atoms with Crippen molar-refractivity contribution in [2.75, 3.05) is 17.8 Å². The lowest BCUT2D eigenvalue weighted by molar-refractivity contribution is -0.136. The molecule has 2 amide bonds. The van der Waals surface area contributed by atoms with Gasteiger partial charge in [-0.15, -0.1) is 11.8 Å². The number of ether oxygens (including phenoxy) is 1. The zero-order chi connectivity index (χ0) is 15.4. The highest BCUT2D eigenvalue weighted by atomic mass is 32.2. The number of carboxylic acids is 1. The lowest BCUT2D eigenvalue weighted by Crippen LogP contribution is -2.31. The Kier molecular flexibility index (Phi) is 4.85. The second kappa shape index (κ2) is 6.62. The molecule has 1 saturated heterocycles. The summed E-state index contributed by atoms with van der Waals surface area (Å²) in [5, 5.41) is 8.10. The van der Waals surface area contributed by atoms with Gasteiger partial charge in [0.15, 0.2) is 0 Å². The minimum absolute atomic E-state index is 0.0226. The molecule has 1 aliphatic rings. The molecule has 0 aromatic heterocycles. The summed E-state index contributed by atoms with van der Waals surface area (Å²) in [6, 6.07) is 6.67. The summed E-state index contributed by atoms with van der Waals surface area (Å²) >= 11 is 1.21. The van der Waals surface area contributed by atoms with Crippen LogP contribution in [0.25, 0.3) is 0 Å². The zero-order valence-electron chi connectivity index (χ0n) is 11.4. The molecule has 2 rings (SSSR count). The van der Waals surface area contributed by atoms with Crippen LogP contribution in [0, 0.1) is 0 Å². The lowest BCUT2D eigenvalue weighted by Gasteiger charge is -2.15. The standard InChI is InChI=1S/C14H15NO5S/c1-20-10-4-2-9(3-5-10)15-12(16)8-11(14(15)19)21-7-6-13(17)18/h2-5,11H,6-8H2,1H3,(H,17,18). The van der Waals surface area contributed by atoms with E-state index in [2.05, 4.69) is 0 Å². The van der Waals surface area contributed by atoms with Gasteiger partial charge in [0, 0.05) is 12.2 Å². The molecule has 1 atom stereocenters. The summed E-state index contributed by atoms with van der Waals surface area (Å²) in [6.45, 7) is 0. The molecule has 0 radical (unpaired) electrons. The van der Waals surface area contributed by atoms with E-state index in [0.29, 0.717) is 17.2 Å². The highest BCUT2D eigenvalue weighted by Crippen LogP contribution is 2.30. The summed E-state index contributed by atoms with van der Waals surface area (Å²) in [7, 11) is 1.54. The van der Waals surface area contributed by atoms with Crippen molar-refractivity contribution in [1.82, 2.24) is 0 Å². The van der Waals surface area contributed by atoms with Crippen molar-refractivity contribution in [3.05, 3.63) is 24.3 Å². The monoisotopic (exact) mass is 309 g/mol. The molecule has 1 aromatic carbocycles. The highest BCUT2D eigenvalue weighted by molar-refractivity contribution is 8.00. The third-order valence-electron chi connectivity index (χ3n) is 3.07. The van der Waals surface area contributed by atoms with Crippen LogP contribution in [0.3, 0.4) is 0 Å². The number of anilines is 1. The Labute approximate surface area is 126 Å². The molecule has 0 spiro atoms. The number of benzene rings is 1. The number of carbonyl (C=O) groups excluding carboxylic acids is 2. The Bertz CT molecular complexity index is 557. The van der Waals surface area contributed by atoms with Crippen molar-refractivity contribution in [2.45, 2.75) is 18.1 Å². The number of amides is 2. The first-order valence-corrected chi connectivity index (χ1v) is 7.42. The van der Waals surface area contributed by atoms with E-state index in [0.717, 1.165) is 4.90 Å². The number of nitrogens with zero attached hydrogens (tertiary/aromatic N) is 1. The predicted octanol–water partition coefficient (Wildman–Crippen LogP) is 1.53. The van der Waals surface area contributed by atoms with Crippen LogP contribution in [0.4, 0.5) is 5.69 Å². The van der Waals surface area contributed by atoms with Gasteiger partial charge in [-0.2, -0.15) is 0 Å². The molecule has 0 saturated carbocycles. The third-order valence-corrected chi connectivity index (χ3v) is 4.28. The van der Waals surface area contributed by atoms with Crippen LogP contribution in [0.2, 0.25) is 0 Å². The van der Waals surface area contributed by atoms with Crippen LogP contribution in [0.1, 0.15) is 12.8 Å². The van der Waals surface area contributed by atoms with Crippen molar-refractivity contribution >= 4 is 35.2 Å². The summed E-state index contributed by atoms with van der Waals surface area (Å²) in [6.07, 6.45) is 0.0837. The number of methoxy groups -OCH3 is 1. The fourth-order valence-electron chi connectivity index (χ4n) is 2.03. The Hall–Kier alpha value is -2.02. The predicted molar refractivity (Wildman–Crippen MR) is 78.6 cm³/mol. The van der Waals surface area contributed by atoms with E-state index in [1.807, 2.05) is 0 Å². The molecule has 0 aliphatic carbocycles. The summed E-state index contributed by atoms with van der Waals surface area (Å²) in [5.74, 6) is -0.509. The number of imide groups is 1. The third kappa shape index (κ3) is 3.55. The molecule has 1 fully saturated rings. The Balaban J connectivity index is 2.05. The van der Waals surface area contributed by atoms with Crippen molar-refractivity contribution < 1.29 is 24.2 Å². The van der Waals surface area contributed by atoms with Gasteiger partial charge in [-0.05, 0) is 24.3 Å². The Morgan fingerprint density at radius 3 is 2.62 bits per heavy atom. The number of thioether (sulfide) groups is 1. The van der Waals surface area contributed by atoms with Gasteiger partial charge in [-0.1, -0.05) is 0 Å². The summed E-state index contributed by atoms with van der Waals surface area (Å²) < 4.78 is 5.03. The second-order valence-corrected chi connectivity index (χ2v) is 5.78. The molecule has 1 N–H and O–H groups in total. The minimum Gasteiger partial charge on any atom is -0.497 e. The Morgan fingerprint density at radius 1 is 1.38 bits per heavy atom. The van der Waals surface area contributed by atoms with E-state index in [-0.39, 0.29) is 24.7 Å². The first-order chi connectivity index (χ1) is 10.0. The number of rotatable bonds is 6. The first-order valence-electron chi connectivity index (χ1n) is 6.37. The fraction of sp³-hybridized carbons (Fsp3) is 0.357. The lowest BCUT2D eigenvalue weighted by atomic mass is 10.3. The van der Waals surface area contributed by atoms with Gasteiger partial charge in [-0.3, -0.25) is 14.4 Å². The topological polar surface area (TPSA) is 83.9 Å². The molecule has 6 nitrogen and oxygen atoms in total. The van der Waals surface area contributed by atoms with E-state index < -0.39 is 11.2 Å². The SMILES string of the molecule is COc1ccc(N2C(=O)CC(SCCC(=O)O)C2=O)cc1. The quantitative estimate of drug-likeness (QED) is 0.802. The normalized spacial score (nSPS) is 18.1. The van der Waals surface area contributed by atoms with E-state index in [4.69, 9.17) is 9.84 Å². The number of carbonyl (C=O) groups is 3. The molecule has 21 heavy (non-hydrogen) atoms. The van der Waals surface area contributed by atoms with Gasteiger partial charge in [0.05, 0.1) is 24.5 Å². The minimum atomic E-state index is -0.911. The van der Waals surface area contributed by atoms with E-state index in [1.54, 1.807) is 24.3 Å². The summed E-state index contributed by atoms with van der Waals surface area (Å²) in [5.41, 5.74) is 0.507. The van der Waals surface area contributed by atoms with Crippen LogP contribution in [0.5, 0.6) is 5.75 Å². The van der Waals surface area contributed by atoms with Crippen molar-refractivity contribution in [3.63, 3.8) is 0 Å². The average molecular weight is 309 g/mol. The van der Waals surface area contributed by atoms with E-state index >= 15 is 0 Å².